The number of benzene rings is 2. The first-order valence-electron chi connectivity index (χ1n) is 9.67. The Morgan fingerprint density at radius 2 is 1.87 bits per heavy atom. The Morgan fingerprint density at radius 1 is 1.07 bits per heavy atom. The van der Waals surface area contributed by atoms with Gasteiger partial charge in [0.25, 0.3) is 0 Å². The van der Waals surface area contributed by atoms with Crippen LogP contribution in [0.15, 0.2) is 48.5 Å². The first-order chi connectivity index (χ1) is 14.6. The van der Waals surface area contributed by atoms with E-state index in [0.717, 1.165) is 17.5 Å². The van der Waals surface area contributed by atoms with Crippen molar-refractivity contribution in [3.63, 3.8) is 0 Å². The van der Waals surface area contributed by atoms with Crippen molar-refractivity contribution in [2.45, 2.75) is 20.0 Å². The van der Waals surface area contributed by atoms with Gasteiger partial charge in [0.05, 0.1) is 23.9 Å². The third-order valence-electron chi connectivity index (χ3n) is 4.39. The number of aryl methyl sites for hydroxylation is 1. The van der Waals surface area contributed by atoms with Crippen molar-refractivity contribution in [3.05, 3.63) is 71.2 Å². The molecule has 7 heteroatoms. The van der Waals surface area contributed by atoms with Crippen LogP contribution in [0.1, 0.15) is 22.6 Å². The highest BCUT2D eigenvalue weighted by molar-refractivity contribution is 5.71. The summed E-state index contributed by atoms with van der Waals surface area (Å²) in [5, 5.41) is 18.2. The van der Waals surface area contributed by atoms with E-state index in [-0.39, 0.29) is 19.8 Å². The first kappa shape index (κ1) is 21.2. The normalized spacial score (nSPS) is 10.5. The van der Waals surface area contributed by atoms with Crippen molar-refractivity contribution in [2.24, 2.45) is 5.73 Å². The number of aliphatic hydroxyl groups is 1. The molecular weight excluding hydrogens is 380 g/mol. The van der Waals surface area contributed by atoms with E-state index in [1.165, 1.54) is 5.56 Å². The Morgan fingerprint density at radius 3 is 2.57 bits per heavy atom. The molecule has 0 spiro atoms. The van der Waals surface area contributed by atoms with Gasteiger partial charge in [0.2, 0.25) is 5.88 Å². The van der Waals surface area contributed by atoms with Crippen molar-refractivity contribution in [1.82, 2.24) is 9.97 Å². The molecule has 2 aromatic carbocycles. The molecule has 0 aliphatic rings. The van der Waals surface area contributed by atoms with Gasteiger partial charge >= 0.3 is 0 Å². The lowest BCUT2D eigenvalue weighted by Crippen LogP contribution is -2.07. The highest BCUT2D eigenvalue weighted by Crippen LogP contribution is 2.32. The van der Waals surface area contributed by atoms with E-state index in [0.29, 0.717) is 35.3 Å². The minimum absolute atomic E-state index is 0.0940. The van der Waals surface area contributed by atoms with E-state index in [1.54, 1.807) is 25.1 Å². The van der Waals surface area contributed by atoms with Gasteiger partial charge < -0.3 is 20.3 Å². The van der Waals surface area contributed by atoms with Gasteiger partial charge in [-0.05, 0) is 49.2 Å². The van der Waals surface area contributed by atoms with E-state index < -0.39 is 0 Å². The summed E-state index contributed by atoms with van der Waals surface area (Å²) in [6.45, 7) is 2.62. The molecule has 1 heterocycles. The van der Waals surface area contributed by atoms with Crippen LogP contribution < -0.4 is 15.2 Å². The van der Waals surface area contributed by atoms with Gasteiger partial charge in [0.1, 0.15) is 24.8 Å². The zero-order chi connectivity index (χ0) is 21.3. The van der Waals surface area contributed by atoms with E-state index >= 15 is 0 Å². The van der Waals surface area contributed by atoms with Gasteiger partial charge in [0.15, 0.2) is 0 Å². The van der Waals surface area contributed by atoms with Crippen molar-refractivity contribution in [1.29, 1.82) is 5.26 Å². The van der Waals surface area contributed by atoms with Crippen LogP contribution in [0.4, 0.5) is 0 Å². The fourth-order valence-corrected chi connectivity index (χ4v) is 3.02. The van der Waals surface area contributed by atoms with Crippen LogP contribution in [0.3, 0.4) is 0 Å². The average Bonchev–Trinajstić information content (AvgIpc) is 2.76. The Hall–Kier alpha value is -3.47. The molecule has 0 aliphatic carbocycles. The summed E-state index contributed by atoms with van der Waals surface area (Å²) in [5.41, 5.74) is 9.82. The Kier molecular flexibility index (Phi) is 7.33. The molecular formula is C23H24N4O3. The van der Waals surface area contributed by atoms with Gasteiger partial charge in [-0.15, -0.1) is 0 Å². The van der Waals surface area contributed by atoms with Crippen LogP contribution in [0.2, 0.25) is 0 Å². The Labute approximate surface area is 175 Å². The topological polar surface area (TPSA) is 114 Å². The van der Waals surface area contributed by atoms with E-state index in [9.17, 15) is 5.26 Å². The third kappa shape index (κ3) is 5.54. The van der Waals surface area contributed by atoms with E-state index in [4.69, 9.17) is 20.3 Å². The molecule has 0 saturated heterocycles. The second-order valence-electron chi connectivity index (χ2n) is 6.66. The largest absolute Gasteiger partial charge is 0.487 e. The molecule has 30 heavy (non-hydrogen) atoms. The van der Waals surface area contributed by atoms with Gasteiger partial charge in [-0.3, -0.25) is 0 Å². The standard InChI is InChI=1S/C23H24N4O3/c1-16-26-20(13-23(27-16)29-11-10-28)15-30-22-12-18(14-25)4-7-21(22)19-5-2-17(3-6-19)8-9-24/h2-7,12-13,28H,8-11,15,24H2,1H3. The summed E-state index contributed by atoms with van der Waals surface area (Å²) in [4.78, 5) is 8.57. The predicted octanol–water partition coefficient (Wildman–Crippen LogP) is 2.78. The summed E-state index contributed by atoms with van der Waals surface area (Å²) in [5.74, 6) is 1.52. The summed E-state index contributed by atoms with van der Waals surface area (Å²) >= 11 is 0. The summed E-state index contributed by atoms with van der Waals surface area (Å²) in [6, 6.07) is 17.3. The Balaban J connectivity index is 1.85. The Bertz CT molecular complexity index is 1030. The fourth-order valence-electron chi connectivity index (χ4n) is 3.02. The lowest BCUT2D eigenvalue weighted by atomic mass is 10.0. The summed E-state index contributed by atoms with van der Waals surface area (Å²) < 4.78 is 11.4. The molecule has 3 N–H and O–H groups in total. The molecule has 0 aliphatic heterocycles. The number of aromatic nitrogens is 2. The minimum atomic E-state index is -0.0940. The molecule has 154 valence electrons. The van der Waals surface area contributed by atoms with Crippen LogP contribution in [0, 0.1) is 18.3 Å². The van der Waals surface area contributed by atoms with Crippen LogP contribution >= 0.6 is 0 Å². The highest BCUT2D eigenvalue weighted by Gasteiger charge is 2.10. The van der Waals surface area contributed by atoms with Gasteiger partial charge in [-0.1, -0.05) is 24.3 Å². The monoisotopic (exact) mass is 404 g/mol. The minimum Gasteiger partial charge on any atom is -0.487 e. The number of hydrogen-bond donors (Lipinski definition) is 2. The smallest absolute Gasteiger partial charge is 0.217 e. The highest BCUT2D eigenvalue weighted by atomic mass is 16.5. The third-order valence-corrected chi connectivity index (χ3v) is 4.39. The van der Waals surface area contributed by atoms with Crippen molar-refractivity contribution < 1.29 is 14.6 Å². The zero-order valence-corrected chi connectivity index (χ0v) is 16.8. The van der Waals surface area contributed by atoms with Crippen LogP contribution in [-0.2, 0) is 13.0 Å². The molecule has 7 nitrogen and oxygen atoms in total. The average molecular weight is 404 g/mol. The lowest BCUT2D eigenvalue weighted by Gasteiger charge is -2.13. The number of ether oxygens (including phenoxy) is 2. The van der Waals surface area contributed by atoms with Crippen LogP contribution in [-0.4, -0.2) is 34.8 Å². The number of nitrogens with zero attached hydrogens (tertiary/aromatic N) is 3. The molecule has 3 rings (SSSR count). The molecule has 0 radical (unpaired) electrons. The van der Waals surface area contributed by atoms with Crippen molar-refractivity contribution in [2.75, 3.05) is 19.8 Å². The fraction of sp³-hybridized carbons (Fsp3) is 0.261. The zero-order valence-electron chi connectivity index (χ0n) is 16.8. The van der Waals surface area contributed by atoms with Crippen LogP contribution in [0.5, 0.6) is 11.6 Å². The maximum Gasteiger partial charge on any atom is 0.217 e. The molecule has 0 amide bonds. The molecule has 0 atom stereocenters. The van der Waals surface area contributed by atoms with Crippen LogP contribution in [0.25, 0.3) is 11.1 Å². The summed E-state index contributed by atoms with van der Waals surface area (Å²) in [7, 11) is 0. The number of rotatable bonds is 9. The molecule has 0 bridgehead atoms. The first-order valence-corrected chi connectivity index (χ1v) is 9.67. The van der Waals surface area contributed by atoms with Gasteiger partial charge in [-0.25, -0.2) is 4.98 Å². The number of hydrogen-bond acceptors (Lipinski definition) is 7. The van der Waals surface area contributed by atoms with Gasteiger partial charge in [-0.2, -0.15) is 10.2 Å². The molecule has 1 aromatic heterocycles. The number of nitriles is 1. The summed E-state index contributed by atoms with van der Waals surface area (Å²) in [6.07, 6.45) is 0.824. The van der Waals surface area contributed by atoms with E-state index in [2.05, 4.69) is 16.0 Å². The van der Waals surface area contributed by atoms with E-state index in [1.807, 2.05) is 30.3 Å². The second kappa shape index (κ2) is 10.3. The quantitative estimate of drug-likeness (QED) is 0.563. The molecule has 0 saturated carbocycles. The number of nitrogens with two attached hydrogens (primary N) is 1. The van der Waals surface area contributed by atoms with Crippen molar-refractivity contribution in [3.8, 4) is 28.8 Å². The predicted molar refractivity (Wildman–Crippen MR) is 113 cm³/mol. The maximum atomic E-state index is 9.28. The molecule has 3 aromatic rings. The maximum absolute atomic E-state index is 9.28. The van der Waals surface area contributed by atoms with Crippen molar-refractivity contribution >= 4 is 0 Å². The number of aliphatic hydroxyl groups excluding tert-OH is 1. The van der Waals surface area contributed by atoms with Gasteiger partial charge in [0, 0.05) is 11.6 Å². The SMILES string of the molecule is Cc1nc(COc2cc(C#N)ccc2-c2ccc(CCN)cc2)cc(OCCO)n1. The second-order valence-corrected chi connectivity index (χ2v) is 6.66. The lowest BCUT2D eigenvalue weighted by molar-refractivity contribution is 0.195. The molecule has 0 unspecified atom stereocenters. The molecule has 0 fully saturated rings.